The molecule has 0 aromatic carbocycles. The van der Waals surface area contributed by atoms with E-state index < -0.39 is 0 Å². The van der Waals surface area contributed by atoms with Crippen molar-refractivity contribution in [3.05, 3.63) is 34.8 Å². The van der Waals surface area contributed by atoms with Gasteiger partial charge in [0.25, 0.3) is 0 Å². The summed E-state index contributed by atoms with van der Waals surface area (Å²) in [5, 5.41) is 13.7. The molecule has 3 aromatic heterocycles. The predicted octanol–water partition coefficient (Wildman–Crippen LogP) is 3.45. The minimum absolute atomic E-state index is 0.0570. The fourth-order valence-corrected chi connectivity index (χ4v) is 4.80. The quantitative estimate of drug-likeness (QED) is 0.374. The van der Waals surface area contributed by atoms with E-state index in [-0.39, 0.29) is 5.78 Å². The Hall–Kier alpha value is -2.59. The van der Waals surface area contributed by atoms with E-state index in [1.165, 1.54) is 11.8 Å². The van der Waals surface area contributed by atoms with Crippen LogP contribution in [0.15, 0.2) is 21.8 Å². The van der Waals surface area contributed by atoms with Gasteiger partial charge in [0.15, 0.2) is 16.8 Å². The fraction of sp³-hybridized carbons (Fsp3) is 0.545. The number of rotatable bonds is 8. The van der Waals surface area contributed by atoms with Crippen molar-refractivity contribution in [3.8, 4) is 5.82 Å². The first-order valence-corrected chi connectivity index (χ1v) is 11.9. The number of ketones is 1. The number of carbonyl (C=O) groups excluding carboxylic acids is 1. The van der Waals surface area contributed by atoms with Crippen LogP contribution in [0.1, 0.15) is 41.4 Å². The lowest BCUT2D eigenvalue weighted by atomic mass is 10.2. The van der Waals surface area contributed by atoms with E-state index >= 15 is 0 Å². The topological polar surface area (TPSA) is 91.2 Å². The van der Waals surface area contributed by atoms with Crippen molar-refractivity contribution in [1.82, 2.24) is 24.5 Å². The minimum atomic E-state index is 0.0570. The Morgan fingerprint density at radius 3 is 2.56 bits per heavy atom. The van der Waals surface area contributed by atoms with Crippen LogP contribution in [0.5, 0.6) is 0 Å². The molecular formula is C22H30N6O3S. The lowest BCUT2D eigenvalue weighted by Crippen LogP contribution is -2.38. The minimum Gasteiger partial charge on any atom is -0.378 e. The molecule has 3 aromatic rings. The number of hydrogen-bond acceptors (Lipinski definition) is 8. The molecule has 0 spiro atoms. The summed E-state index contributed by atoms with van der Waals surface area (Å²) in [5.74, 6) is 3.07. The fourth-order valence-electron chi connectivity index (χ4n) is 3.97. The molecule has 1 aliphatic heterocycles. The third-order valence-electron chi connectivity index (χ3n) is 5.45. The second-order valence-electron chi connectivity index (χ2n) is 8.51. The zero-order valence-corrected chi connectivity index (χ0v) is 20.1. The molecule has 0 atom stereocenters. The number of anilines is 1. The maximum Gasteiger partial charge on any atom is 0.228 e. The molecule has 0 aliphatic carbocycles. The number of aryl methyl sites for hydroxylation is 2. The zero-order chi connectivity index (χ0) is 22.8. The van der Waals surface area contributed by atoms with Crippen LogP contribution in [0, 0.1) is 26.7 Å². The van der Waals surface area contributed by atoms with Gasteiger partial charge in [-0.15, -0.1) is 10.2 Å². The number of thioether (sulfide) groups is 1. The SMILES string of the molecule is Cc1cc(-n2c(C)cc(C(=O)CSc3nnc(N4CCOCC4)n3CC(C)C)c2C)no1. The number of aromatic nitrogens is 5. The summed E-state index contributed by atoms with van der Waals surface area (Å²) >= 11 is 1.44. The van der Waals surface area contributed by atoms with E-state index in [1.807, 2.05) is 37.5 Å². The lowest BCUT2D eigenvalue weighted by Gasteiger charge is -2.28. The smallest absolute Gasteiger partial charge is 0.228 e. The zero-order valence-electron chi connectivity index (χ0n) is 19.3. The third kappa shape index (κ3) is 4.61. The van der Waals surface area contributed by atoms with Gasteiger partial charge in [-0.25, -0.2) is 0 Å². The first-order valence-electron chi connectivity index (χ1n) is 10.9. The van der Waals surface area contributed by atoms with Gasteiger partial charge in [0.1, 0.15) is 5.76 Å². The second kappa shape index (κ2) is 9.50. The van der Waals surface area contributed by atoms with Crippen LogP contribution in [0.2, 0.25) is 0 Å². The molecule has 4 heterocycles. The molecule has 1 fully saturated rings. The summed E-state index contributed by atoms with van der Waals surface area (Å²) in [6.45, 7) is 13.9. The number of hydrogen-bond donors (Lipinski definition) is 0. The highest BCUT2D eigenvalue weighted by Gasteiger charge is 2.23. The Morgan fingerprint density at radius 1 is 1.16 bits per heavy atom. The van der Waals surface area contributed by atoms with Crippen LogP contribution in [0.4, 0.5) is 5.95 Å². The molecule has 0 bridgehead atoms. The van der Waals surface area contributed by atoms with E-state index in [9.17, 15) is 4.79 Å². The van der Waals surface area contributed by atoms with Crippen molar-refractivity contribution in [1.29, 1.82) is 0 Å². The highest BCUT2D eigenvalue weighted by Crippen LogP contribution is 2.27. The van der Waals surface area contributed by atoms with Crippen molar-refractivity contribution in [2.45, 2.75) is 46.3 Å². The molecule has 32 heavy (non-hydrogen) atoms. The Morgan fingerprint density at radius 2 is 1.91 bits per heavy atom. The molecule has 1 saturated heterocycles. The van der Waals surface area contributed by atoms with Crippen molar-refractivity contribution in [2.75, 3.05) is 37.0 Å². The summed E-state index contributed by atoms with van der Waals surface area (Å²) in [7, 11) is 0. The van der Waals surface area contributed by atoms with Gasteiger partial charge in [0, 0.05) is 42.7 Å². The molecule has 0 amide bonds. The number of nitrogens with zero attached hydrogens (tertiary/aromatic N) is 6. The number of Topliss-reactive ketones (excluding diaryl/α,β-unsaturated/α-hetero) is 1. The molecule has 9 nitrogen and oxygen atoms in total. The monoisotopic (exact) mass is 458 g/mol. The third-order valence-corrected chi connectivity index (χ3v) is 6.41. The van der Waals surface area contributed by atoms with E-state index in [4.69, 9.17) is 9.26 Å². The van der Waals surface area contributed by atoms with Crippen molar-refractivity contribution in [2.24, 2.45) is 5.92 Å². The van der Waals surface area contributed by atoms with Gasteiger partial charge in [-0.05, 0) is 32.8 Å². The number of morpholine rings is 1. The first kappa shape index (κ1) is 22.6. The van der Waals surface area contributed by atoms with Gasteiger partial charge >= 0.3 is 0 Å². The van der Waals surface area contributed by atoms with Crippen LogP contribution >= 0.6 is 11.8 Å². The average Bonchev–Trinajstić information content (AvgIpc) is 3.44. The normalized spacial score (nSPS) is 14.5. The molecule has 0 N–H and O–H groups in total. The van der Waals surface area contributed by atoms with Crippen molar-refractivity contribution < 1.29 is 14.1 Å². The number of ether oxygens (including phenoxy) is 1. The molecule has 0 saturated carbocycles. The highest BCUT2D eigenvalue weighted by molar-refractivity contribution is 7.99. The molecule has 0 unspecified atom stereocenters. The van der Waals surface area contributed by atoms with Gasteiger partial charge in [-0.1, -0.05) is 30.8 Å². The Balaban J connectivity index is 1.52. The summed E-state index contributed by atoms with van der Waals surface area (Å²) in [5.41, 5.74) is 2.50. The molecule has 1 aliphatic rings. The van der Waals surface area contributed by atoms with E-state index in [2.05, 4.69) is 38.7 Å². The largest absolute Gasteiger partial charge is 0.378 e. The second-order valence-corrected chi connectivity index (χ2v) is 9.46. The Kier molecular flexibility index (Phi) is 6.71. The van der Waals surface area contributed by atoms with Gasteiger partial charge in [-0.3, -0.25) is 13.9 Å². The van der Waals surface area contributed by atoms with Gasteiger partial charge in [-0.2, -0.15) is 0 Å². The molecular weight excluding hydrogens is 428 g/mol. The van der Waals surface area contributed by atoms with Crippen LogP contribution in [0.3, 0.4) is 0 Å². The molecule has 4 rings (SSSR count). The number of carbonyl (C=O) groups is 1. The van der Waals surface area contributed by atoms with E-state index in [0.29, 0.717) is 36.3 Å². The van der Waals surface area contributed by atoms with Crippen LogP contribution < -0.4 is 4.90 Å². The van der Waals surface area contributed by atoms with Crippen LogP contribution in [0.25, 0.3) is 5.82 Å². The Labute approximate surface area is 192 Å². The molecule has 10 heteroatoms. The standard InChI is InChI=1S/C22H30N6O3S/c1-14(2)12-27-21(26-6-8-30-9-7-26)23-24-22(27)32-13-19(29)18-10-15(3)28(17(18)5)20-11-16(4)31-25-20/h10-11,14H,6-9,12-13H2,1-5H3. The van der Waals surface area contributed by atoms with Gasteiger partial charge < -0.3 is 14.2 Å². The predicted molar refractivity (Wildman–Crippen MR) is 123 cm³/mol. The van der Waals surface area contributed by atoms with Crippen LogP contribution in [-0.2, 0) is 11.3 Å². The first-order chi connectivity index (χ1) is 15.3. The maximum atomic E-state index is 13.1. The summed E-state index contributed by atoms with van der Waals surface area (Å²) in [4.78, 5) is 15.3. The summed E-state index contributed by atoms with van der Waals surface area (Å²) in [6, 6.07) is 3.78. The molecule has 172 valence electrons. The maximum absolute atomic E-state index is 13.1. The van der Waals surface area contributed by atoms with Crippen LogP contribution in [-0.4, -0.2) is 62.3 Å². The van der Waals surface area contributed by atoms with Crippen molar-refractivity contribution >= 4 is 23.5 Å². The summed E-state index contributed by atoms with van der Waals surface area (Å²) < 4.78 is 14.8. The van der Waals surface area contributed by atoms with E-state index in [1.54, 1.807) is 0 Å². The average molecular weight is 459 g/mol. The van der Waals surface area contributed by atoms with E-state index in [0.717, 1.165) is 47.9 Å². The van der Waals surface area contributed by atoms with Crippen molar-refractivity contribution in [3.63, 3.8) is 0 Å². The highest BCUT2D eigenvalue weighted by atomic mass is 32.2. The van der Waals surface area contributed by atoms with Gasteiger partial charge in [0.2, 0.25) is 5.95 Å². The van der Waals surface area contributed by atoms with Gasteiger partial charge in [0.05, 0.1) is 19.0 Å². The Bertz CT molecular complexity index is 1090. The lowest BCUT2D eigenvalue weighted by molar-refractivity contribution is 0.102. The molecule has 0 radical (unpaired) electrons. The summed E-state index contributed by atoms with van der Waals surface area (Å²) in [6.07, 6.45) is 0.